The standard InChI is InChI=1S/C14H7BrCl2N2/c15-8-5-6-12-10(7-8)13(19-14(17)18-12)9-3-1-2-4-11(9)16/h1-7H. The molecule has 1 aromatic heterocycles. The van der Waals surface area contributed by atoms with Crippen molar-refractivity contribution in [3.63, 3.8) is 0 Å². The van der Waals surface area contributed by atoms with Gasteiger partial charge in [-0.3, -0.25) is 0 Å². The van der Waals surface area contributed by atoms with Gasteiger partial charge in [0.1, 0.15) is 0 Å². The molecule has 0 N–H and O–H groups in total. The number of fused-ring (bicyclic) bond motifs is 1. The van der Waals surface area contributed by atoms with Crippen molar-refractivity contribution in [1.29, 1.82) is 0 Å². The van der Waals surface area contributed by atoms with Gasteiger partial charge in [-0.25, -0.2) is 9.97 Å². The van der Waals surface area contributed by atoms with Gasteiger partial charge in [-0.15, -0.1) is 0 Å². The van der Waals surface area contributed by atoms with Crippen LogP contribution in [0.1, 0.15) is 0 Å². The highest BCUT2D eigenvalue weighted by Gasteiger charge is 2.11. The Bertz CT molecular complexity index is 774. The fourth-order valence-electron chi connectivity index (χ4n) is 1.93. The van der Waals surface area contributed by atoms with Gasteiger partial charge in [0.15, 0.2) is 0 Å². The Kier molecular flexibility index (Phi) is 3.44. The van der Waals surface area contributed by atoms with E-state index in [1.165, 1.54) is 0 Å². The zero-order chi connectivity index (χ0) is 13.4. The highest BCUT2D eigenvalue weighted by Crippen LogP contribution is 2.33. The van der Waals surface area contributed by atoms with E-state index in [2.05, 4.69) is 25.9 Å². The van der Waals surface area contributed by atoms with Crippen molar-refractivity contribution in [3.05, 3.63) is 57.2 Å². The highest BCUT2D eigenvalue weighted by atomic mass is 79.9. The molecule has 0 saturated heterocycles. The van der Waals surface area contributed by atoms with Crippen LogP contribution in [0.5, 0.6) is 0 Å². The van der Waals surface area contributed by atoms with Gasteiger partial charge in [-0.2, -0.15) is 0 Å². The third-order valence-electron chi connectivity index (χ3n) is 2.76. The van der Waals surface area contributed by atoms with Crippen molar-refractivity contribution in [2.75, 3.05) is 0 Å². The summed E-state index contributed by atoms with van der Waals surface area (Å²) in [5.41, 5.74) is 2.37. The summed E-state index contributed by atoms with van der Waals surface area (Å²) >= 11 is 15.7. The van der Waals surface area contributed by atoms with E-state index in [4.69, 9.17) is 23.2 Å². The van der Waals surface area contributed by atoms with Crippen LogP contribution in [0.25, 0.3) is 22.2 Å². The molecule has 2 nitrogen and oxygen atoms in total. The summed E-state index contributed by atoms with van der Waals surface area (Å²) in [6.45, 7) is 0. The van der Waals surface area contributed by atoms with E-state index < -0.39 is 0 Å². The predicted molar refractivity (Wildman–Crippen MR) is 82.7 cm³/mol. The van der Waals surface area contributed by atoms with Crippen LogP contribution in [0.3, 0.4) is 0 Å². The number of nitrogens with zero attached hydrogens (tertiary/aromatic N) is 2. The summed E-state index contributed by atoms with van der Waals surface area (Å²) < 4.78 is 0.958. The molecule has 0 amide bonds. The number of aromatic nitrogens is 2. The molecule has 0 unspecified atom stereocenters. The summed E-state index contributed by atoms with van der Waals surface area (Å²) in [4.78, 5) is 8.55. The molecule has 1 heterocycles. The summed E-state index contributed by atoms with van der Waals surface area (Å²) in [7, 11) is 0. The minimum Gasteiger partial charge on any atom is -0.218 e. The van der Waals surface area contributed by atoms with E-state index in [9.17, 15) is 0 Å². The van der Waals surface area contributed by atoms with E-state index in [1.807, 2.05) is 42.5 Å². The van der Waals surface area contributed by atoms with Crippen LogP contribution >= 0.6 is 39.1 Å². The van der Waals surface area contributed by atoms with Crippen molar-refractivity contribution in [2.45, 2.75) is 0 Å². The molecule has 0 radical (unpaired) electrons. The SMILES string of the molecule is Clc1nc(-c2ccccc2Cl)c2cc(Br)ccc2n1. The molecular formula is C14H7BrCl2N2. The second kappa shape index (κ2) is 5.08. The molecular weight excluding hydrogens is 347 g/mol. The van der Waals surface area contributed by atoms with Crippen LogP contribution in [0.4, 0.5) is 0 Å². The fourth-order valence-corrected chi connectivity index (χ4v) is 2.69. The molecule has 0 fully saturated rings. The molecule has 19 heavy (non-hydrogen) atoms. The van der Waals surface area contributed by atoms with Crippen molar-refractivity contribution < 1.29 is 0 Å². The maximum Gasteiger partial charge on any atom is 0.223 e. The number of benzene rings is 2. The summed E-state index contributed by atoms with van der Waals surface area (Å²) in [5.74, 6) is 0. The second-order valence-corrected chi connectivity index (χ2v) is 5.64. The molecule has 0 spiro atoms. The molecule has 94 valence electrons. The Morgan fingerprint density at radius 3 is 2.53 bits per heavy atom. The van der Waals surface area contributed by atoms with Crippen molar-refractivity contribution >= 4 is 50.0 Å². The number of hydrogen-bond donors (Lipinski definition) is 0. The molecule has 5 heteroatoms. The first-order valence-corrected chi connectivity index (χ1v) is 7.08. The van der Waals surface area contributed by atoms with E-state index in [0.717, 1.165) is 26.6 Å². The Morgan fingerprint density at radius 2 is 1.74 bits per heavy atom. The maximum atomic E-state index is 6.24. The number of halogens is 3. The summed E-state index contributed by atoms with van der Waals surface area (Å²) in [6.07, 6.45) is 0. The van der Waals surface area contributed by atoms with Crippen molar-refractivity contribution in [1.82, 2.24) is 9.97 Å². The third-order valence-corrected chi connectivity index (χ3v) is 3.75. The monoisotopic (exact) mass is 352 g/mol. The van der Waals surface area contributed by atoms with Crippen LogP contribution in [0.15, 0.2) is 46.9 Å². The maximum absolute atomic E-state index is 6.24. The zero-order valence-corrected chi connectivity index (χ0v) is 12.7. The smallest absolute Gasteiger partial charge is 0.218 e. The third kappa shape index (κ3) is 2.46. The van der Waals surface area contributed by atoms with E-state index in [0.29, 0.717) is 5.02 Å². The zero-order valence-electron chi connectivity index (χ0n) is 9.57. The lowest BCUT2D eigenvalue weighted by Gasteiger charge is -2.08. The molecule has 0 aliphatic heterocycles. The molecule has 0 aliphatic carbocycles. The van der Waals surface area contributed by atoms with Crippen LogP contribution in [0.2, 0.25) is 10.3 Å². The average molecular weight is 354 g/mol. The van der Waals surface area contributed by atoms with Gasteiger partial charge >= 0.3 is 0 Å². The van der Waals surface area contributed by atoms with Gasteiger partial charge in [0.05, 0.1) is 11.2 Å². The first-order chi connectivity index (χ1) is 9.15. The van der Waals surface area contributed by atoms with E-state index >= 15 is 0 Å². The van der Waals surface area contributed by atoms with Gasteiger partial charge in [0.25, 0.3) is 0 Å². The predicted octanol–water partition coefficient (Wildman–Crippen LogP) is 5.37. The number of rotatable bonds is 1. The van der Waals surface area contributed by atoms with Gasteiger partial charge in [0.2, 0.25) is 5.28 Å². The first kappa shape index (κ1) is 12.9. The first-order valence-electron chi connectivity index (χ1n) is 5.53. The number of hydrogen-bond acceptors (Lipinski definition) is 2. The van der Waals surface area contributed by atoms with Gasteiger partial charge in [0, 0.05) is 20.4 Å². The van der Waals surface area contributed by atoms with Gasteiger partial charge in [-0.05, 0) is 35.9 Å². The summed E-state index contributed by atoms with van der Waals surface area (Å²) in [5, 5.41) is 1.76. The topological polar surface area (TPSA) is 25.8 Å². The average Bonchev–Trinajstić information content (AvgIpc) is 2.39. The Hall–Kier alpha value is -1.16. The van der Waals surface area contributed by atoms with Crippen LogP contribution in [-0.4, -0.2) is 9.97 Å². The second-order valence-electron chi connectivity index (χ2n) is 3.98. The van der Waals surface area contributed by atoms with Gasteiger partial charge < -0.3 is 0 Å². The lowest BCUT2D eigenvalue weighted by atomic mass is 10.1. The van der Waals surface area contributed by atoms with Crippen molar-refractivity contribution in [2.24, 2.45) is 0 Å². The van der Waals surface area contributed by atoms with Crippen LogP contribution in [0, 0.1) is 0 Å². The molecule has 0 aliphatic rings. The normalized spacial score (nSPS) is 10.9. The Labute approximate surface area is 128 Å². The fraction of sp³-hybridized carbons (Fsp3) is 0. The Balaban J connectivity index is 2.40. The van der Waals surface area contributed by atoms with Gasteiger partial charge in [-0.1, -0.05) is 45.7 Å². The lowest BCUT2D eigenvalue weighted by molar-refractivity contribution is 1.22. The highest BCUT2D eigenvalue weighted by molar-refractivity contribution is 9.10. The Morgan fingerprint density at radius 1 is 0.947 bits per heavy atom. The van der Waals surface area contributed by atoms with Crippen LogP contribution in [-0.2, 0) is 0 Å². The lowest BCUT2D eigenvalue weighted by Crippen LogP contribution is -1.92. The van der Waals surface area contributed by atoms with Crippen LogP contribution < -0.4 is 0 Å². The molecule has 0 saturated carbocycles. The molecule has 3 aromatic rings. The van der Waals surface area contributed by atoms with E-state index in [-0.39, 0.29) is 5.28 Å². The van der Waals surface area contributed by atoms with Crippen molar-refractivity contribution in [3.8, 4) is 11.3 Å². The molecule has 0 bridgehead atoms. The van der Waals surface area contributed by atoms with E-state index in [1.54, 1.807) is 0 Å². The molecule has 0 atom stereocenters. The molecule has 2 aromatic carbocycles. The minimum absolute atomic E-state index is 0.213. The quantitative estimate of drug-likeness (QED) is 0.550. The minimum atomic E-state index is 0.213. The summed E-state index contributed by atoms with van der Waals surface area (Å²) in [6, 6.07) is 13.3. The molecule has 3 rings (SSSR count). The largest absolute Gasteiger partial charge is 0.223 e.